The molecule has 0 unspecified atom stereocenters. The highest BCUT2D eigenvalue weighted by atomic mass is 16.2. The van der Waals surface area contributed by atoms with Crippen LogP contribution in [0.5, 0.6) is 0 Å². The number of carbonyl (C=O) groups is 1. The van der Waals surface area contributed by atoms with Gasteiger partial charge in [0, 0.05) is 22.0 Å². The monoisotopic (exact) mass is 353 g/mol. The van der Waals surface area contributed by atoms with E-state index < -0.39 is 0 Å². The molecule has 0 atom stereocenters. The number of aryl methyl sites for hydroxylation is 1. The summed E-state index contributed by atoms with van der Waals surface area (Å²) in [6.45, 7) is 2.04. The maximum atomic E-state index is 12.6. The van der Waals surface area contributed by atoms with Crippen LogP contribution in [0.4, 0.5) is 0 Å². The average Bonchev–Trinajstić information content (AvgIpc) is 3.14. The summed E-state index contributed by atoms with van der Waals surface area (Å²) in [6, 6.07) is 27.5. The van der Waals surface area contributed by atoms with Crippen molar-refractivity contribution < 1.29 is 4.79 Å². The van der Waals surface area contributed by atoms with E-state index in [1.165, 1.54) is 5.56 Å². The van der Waals surface area contributed by atoms with E-state index in [9.17, 15) is 4.79 Å². The van der Waals surface area contributed by atoms with E-state index in [2.05, 4.69) is 15.5 Å². The Labute approximate surface area is 157 Å². The van der Waals surface area contributed by atoms with E-state index in [1.807, 2.05) is 91.9 Å². The molecule has 0 aliphatic heterocycles. The second-order valence-corrected chi connectivity index (χ2v) is 6.40. The van der Waals surface area contributed by atoms with Crippen LogP contribution in [0.3, 0.4) is 0 Å². The minimum Gasteiger partial charge on any atom is -0.350 e. The molecule has 0 aliphatic rings. The Morgan fingerprint density at radius 3 is 2.26 bits per heavy atom. The lowest BCUT2D eigenvalue weighted by Gasteiger charge is -2.08. The predicted octanol–water partition coefficient (Wildman–Crippen LogP) is 4.66. The molecule has 0 aliphatic carbocycles. The van der Waals surface area contributed by atoms with E-state index in [-0.39, 0.29) is 5.91 Å². The van der Waals surface area contributed by atoms with Gasteiger partial charge in [0.1, 0.15) is 5.69 Å². The topological polar surface area (TPSA) is 57.2 Å². The molecular weight excluding hydrogens is 334 g/mol. The minimum atomic E-state index is -0.272. The number of aromatic nitrogens is 1. The van der Waals surface area contributed by atoms with Crippen LogP contribution in [0.15, 0.2) is 90.0 Å². The third-order valence-electron chi connectivity index (χ3n) is 4.42. The average molecular weight is 353 g/mol. The summed E-state index contributed by atoms with van der Waals surface area (Å²) in [5, 5.41) is 5.43. The predicted molar refractivity (Wildman–Crippen MR) is 109 cm³/mol. The van der Waals surface area contributed by atoms with E-state index in [1.54, 1.807) is 0 Å². The number of hydrogen-bond acceptors (Lipinski definition) is 2. The lowest BCUT2D eigenvalue weighted by molar-refractivity contribution is 0.0951. The lowest BCUT2D eigenvalue weighted by Crippen LogP contribution is -2.21. The van der Waals surface area contributed by atoms with Crippen LogP contribution in [0, 0.1) is 6.92 Å². The standard InChI is InChI=1S/C23H19N3O/c1-16-11-13-18(14-12-16)22(17-7-3-2-4-8-17)25-26-23(27)21-15-19-9-5-6-10-20(19)24-21/h2-15,24H,1H3,(H,26,27). The third-order valence-corrected chi connectivity index (χ3v) is 4.42. The number of H-pyrrole nitrogens is 1. The largest absolute Gasteiger partial charge is 0.350 e. The van der Waals surface area contributed by atoms with E-state index in [0.29, 0.717) is 5.69 Å². The summed E-state index contributed by atoms with van der Waals surface area (Å²) >= 11 is 0. The lowest BCUT2D eigenvalue weighted by atomic mass is 10.0. The maximum absolute atomic E-state index is 12.6. The van der Waals surface area contributed by atoms with Crippen molar-refractivity contribution in [2.24, 2.45) is 5.10 Å². The molecule has 1 heterocycles. The molecule has 4 heteroatoms. The van der Waals surface area contributed by atoms with Gasteiger partial charge >= 0.3 is 0 Å². The first kappa shape index (κ1) is 16.8. The molecule has 1 amide bonds. The van der Waals surface area contributed by atoms with Gasteiger partial charge in [-0.1, -0.05) is 78.4 Å². The van der Waals surface area contributed by atoms with E-state index in [0.717, 1.165) is 27.7 Å². The van der Waals surface area contributed by atoms with Gasteiger partial charge in [-0.25, -0.2) is 5.43 Å². The van der Waals surface area contributed by atoms with Gasteiger partial charge in [0.2, 0.25) is 0 Å². The summed E-state index contributed by atoms with van der Waals surface area (Å²) in [7, 11) is 0. The molecule has 132 valence electrons. The zero-order valence-corrected chi connectivity index (χ0v) is 14.9. The fraction of sp³-hybridized carbons (Fsp3) is 0.0435. The quantitative estimate of drug-likeness (QED) is 0.407. The van der Waals surface area contributed by atoms with Crippen molar-refractivity contribution in [3.05, 3.63) is 107 Å². The molecule has 27 heavy (non-hydrogen) atoms. The van der Waals surface area contributed by atoms with Gasteiger partial charge in [-0.3, -0.25) is 4.79 Å². The summed E-state index contributed by atoms with van der Waals surface area (Å²) in [4.78, 5) is 15.7. The Bertz CT molecular complexity index is 1080. The van der Waals surface area contributed by atoms with Crippen molar-refractivity contribution >= 4 is 22.5 Å². The molecule has 2 N–H and O–H groups in total. The Morgan fingerprint density at radius 1 is 0.852 bits per heavy atom. The molecule has 3 aromatic carbocycles. The number of fused-ring (bicyclic) bond motifs is 1. The van der Waals surface area contributed by atoms with Gasteiger partial charge in [-0.15, -0.1) is 0 Å². The summed E-state index contributed by atoms with van der Waals surface area (Å²) < 4.78 is 0. The molecule has 4 rings (SSSR count). The van der Waals surface area contributed by atoms with Crippen LogP contribution in [0.1, 0.15) is 27.2 Å². The highest BCUT2D eigenvalue weighted by Crippen LogP contribution is 2.15. The number of hydrogen-bond donors (Lipinski definition) is 2. The van der Waals surface area contributed by atoms with Crippen LogP contribution >= 0.6 is 0 Å². The summed E-state index contributed by atoms with van der Waals surface area (Å²) in [5.41, 5.74) is 7.88. The number of aromatic amines is 1. The van der Waals surface area contributed by atoms with Gasteiger partial charge in [0.25, 0.3) is 5.91 Å². The number of rotatable bonds is 4. The molecule has 0 bridgehead atoms. The zero-order chi connectivity index (χ0) is 18.6. The Kier molecular flexibility index (Phi) is 4.54. The summed E-state index contributed by atoms with van der Waals surface area (Å²) in [5.74, 6) is -0.272. The number of carbonyl (C=O) groups excluding carboxylic acids is 1. The molecule has 0 saturated heterocycles. The van der Waals surface area contributed by atoms with Crippen LogP contribution in [-0.2, 0) is 0 Å². The molecule has 0 spiro atoms. The smallest absolute Gasteiger partial charge is 0.287 e. The van der Waals surface area contributed by atoms with Gasteiger partial charge in [-0.2, -0.15) is 5.10 Å². The second kappa shape index (κ2) is 7.30. The van der Waals surface area contributed by atoms with Gasteiger partial charge in [-0.05, 0) is 19.1 Å². The molecule has 0 saturated carbocycles. The van der Waals surface area contributed by atoms with Gasteiger partial charge in [0.15, 0.2) is 0 Å². The van der Waals surface area contributed by atoms with Crippen molar-refractivity contribution in [2.45, 2.75) is 6.92 Å². The number of benzene rings is 3. The Morgan fingerprint density at radius 2 is 1.52 bits per heavy atom. The molecule has 0 fully saturated rings. The fourth-order valence-electron chi connectivity index (χ4n) is 2.97. The Hall–Kier alpha value is -3.66. The number of nitrogens with zero attached hydrogens (tertiary/aromatic N) is 1. The van der Waals surface area contributed by atoms with Crippen LogP contribution < -0.4 is 5.43 Å². The third kappa shape index (κ3) is 3.65. The van der Waals surface area contributed by atoms with E-state index in [4.69, 9.17) is 0 Å². The minimum absolute atomic E-state index is 0.272. The number of para-hydroxylation sites is 1. The van der Waals surface area contributed by atoms with Crippen molar-refractivity contribution in [1.29, 1.82) is 0 Å². The molecular formula is C23H19N3O. The van der Waals surface area contributed by atoms with Gasteiger partial charge < -0.3 is 4.98 Å². The van der Waals surface area contributed by atoms with Crippen molar-refractivity contribution in [2.75, 3.05) is 0 Å². The van der Waals surface area contributed by atoms with Gasteiger partial charge in [0.05, 0.1) is 5.71 Å². The molecule has 0 radical (unpaired) electrons. The number of hydrazone groups is 1. The molecule has 4 aromatic rings. The summed E-state index contributed by atoms with van der Waals surface area (Å²) in [6.07, 6.45) is 0. The first-order chi connectivity index (χ1) is 13.2. The molecule has 1 aromatic heterocycles. The SMILES string of the molecule is Cc1ccc(C(=NNC(=O)c2cc3ccccc3[nH]2)c2ccccc2)cc1. The van der Waals surface area contributed by atoms with Crippen molar-refractivity contribution in [3.8, 4) is 0 Å². The number of amides is 1. The highest BCUT2D eigenvalue weighted by molar-refractivity contribution is 6.13. The molecule has 4 nitrogen and oxygen atoms in total. The first-order valence-electron chi connectivity index (χ1n) is 8.79. The normalized spacial score (nSPS) is 11.5. The first-order valence-corrected chi connectivity index (χ1v) is 8.79. The number of nitrogens with one attached hydrogen (secondary N) is 2. The Balaban J connectivity index is 1.66. The van der Waals surface area contributed by atoms with Crippen molar-refractivity contribution in [3.63, 3.8) is 0 Å². The van der Waals surface area contributed by atoms with Crippen LogP contribution in [-0.4, -0.2) is 16.6 Å². The van der Waals surface area contributed by atoms with Crippen LogP contribution in [0.2, 0.25) is 0 Å². The second-order valence-electron chi connectivity index (χ2n) is 6.40. The zero-order valence-electron chi connectivity index (χ0n) is 14.9. The van der Waals surface area contributed by atoms with E-state index >= 15 is 0 Å². The maximum Gasteiger partial charge on any atom is 0.287 e. The highest BCUT2D eigenvalue weighted by Gasteiger charge is 2.11. The fourth-order valence-corrected chi connectivity index (χ4v) is 2.97. The van der Waals surface area contributed by atoms with Crippen molar-refractivity contribution in [1.82, 2.24) is 10.4 Å². The van der Waals surface area contributed by atoms with Crippen LogP contribution in [0.25, 0.3) is 10.9 Å².